The summed E-state index contributed by atoms with van der Waals surface area (Å²) < 4.78 is 0.785. The molecule has 3 N–H and O–H groups in total. The molecule has 0 aliphatic rings. The van der Waals surface area contributed by atoms with Crippen LogP contribution in [0.1, 0.15) is 24.1 Å². The van der Waals surface area contributed by atoms with Crippen molar-refractivity contribution in [2.24, 2.45) is 0 Å². The van der Waals surface area contributed by atoms with Crippen molar-refractivity contribution in [3.05, 3.63) is 58.1 Å². The first kappa shape index (κ1) is 13.4. The van der Waals surface area contributed by atoms with E-state index in [0.717, 1.165) is 21.4 Å². The summed E-state index contributed by atoms with van der Waals surface area (Å²) in [4.78, 5) is 0. The van der Waals surface area contributed by atoms with Gasteiger partial charge in [-0.3, -0.25) is 0 Å². The highest BCUT2D eigenvalue weighted by molar-refractivity contribution is 9.10. The van der Waals surface area contributed by atoms with Crippen molar-refractivity contribution in [1.82, 2.24) is 0 Å². The van der Waals surface area contributed by atoms with E-state index in [1.807, 2.05) is 36.4 Å². The molecule has 2 aromatic rings. The maximum absolute atomic E-state index is 8.89. The molecule has 0 spiro atoms. The number of nitriles is 1. The van der Waals surface area contributed by atoms with Crippen LogP contribution in [0.15, 0.2) is 46.9 Å². The van der Waals surface area contributed by atoms with Crippen LogP contribution in [0.25, 0.3) is 0 Å². The molecule has 1 atom stereocenters. The van der Waals surface area contributed by atoms with Gasteiger partial charge in [0.2, 0.25) is 0 Å². The average molecular weight is 316 g/mol. The lowest BCUT2D eigenvalue weighted by atomic mass is 10.1. The summed E-state index contributed by atoms with van der Waals surface area (Å²) in [5.41, 5.74) is 9.36. The number of nitrogens with two attached hydrogens (primary N) is 1. The first-order chi connectivity index (χ1) is 9.11. The lowest BCUT2D eigenvalue weighted by Crippen LogP contribution is -2.09. The van der Waals surface area contributed by atoms with E-state index >= 15 is 0 Å². The number of nitrogen functional groups attached to an aromatic ring is 1. The predicted octanol–water partition coefficient (Wildman–Crippen LogP) is 4.08. The van der Waals surface area contributed by atoms with Crippen molar-refractivity contribution in [3.63, 3.8) is 0 Å². The van der Waals surface area contributed by atoms with Crippen LogP contribution in [0.3, 0.4) is 0 Å². The predicted molar refractivity (Wildman–Crippen MR) is 81.7 cm³/mol. The molecule has 19 heavy (non-hydrogen) atoms. The van der Waals surface area contributed by atoms with Crippen molar-refractivity contribution in [1.29, 1.82) is 5.26 Å². The molecule has 0 radical (unpaired) electrons. The van der Waals surface area contributed by atoms with Gasteiger partial charge >= 0.3 is 0 Å². The molecule has 2 aromatic carbocycles. The number of nitrogens with zero attached hydrogens (tertiary/aromatic N) is 1. The Morgan fingerprint density at radius 2 is 2.00 bits per heavy atom. The van der Waals surface area contributed by atoms with E-state index in [-0.39, 0.29) is 6.04 Å². The van der Waals surface area contributed by atoms with Crippen LogP contribution >= 0.6 is 15.9 Å². The molecular formula is C15H14BrN3. The SMILES string of the molecule is CC(Nc1ccc(C#N)c(Br)c1)c1ccccc1N. The zero-order valence-corrected chi connectivity index (χ0v) is 12.1. The van der Waals surface area contributed by atoms with Gasteiger partial charge in [-0.1, -0.05) is 18.2 Å². The van der Waals surface area contributed by atoms with Crippen molar-refractivity contribution < 1.29 is 0 Å². The van der Waals surface area contributed by atoms with E-state index in [0.29, 0.717) is 5.56 Å². The minimum atomic E-state index is 0.0982. The molecule has 0 aliphatic carbocycles. The van der Waals surface area contributed by atoms with Gasteiger partial charge < -0.3 is 11.1 Å². The maximum atomic E-state index is 8.89. The Labute approximate surface area is 121 Å². The third-order valence-corrected chi connectivity index (χ3v) is 3.59. The Kier molecular flexibility index (Phi) is 4.08. The Morgan fingerprint density at radius 3 is 2.63 bits per heavy atom. The lowest BCUT2D eigenvalue weighted by molar-refractivity contribution is 0.888. The first-order valence-corrected chi connectivity index (χ1v) is 6.71. The van der Waals surface area contributed by atoms with Crippen molar-refractivity contribution in [2.45, 2.75) is 13.0 Å². The number of anilines is 2. The van der Waals surface area contributed by atoms with Gasteiger partial charge in [-0.25, -0.2) is 0 Å². The van der Waals surface area contributed by atoms with Crippen LogP contribution in [0.2, 0.25) is 0 Å². The molecule has 0 amide bonds. The zero-order valence-electron chi connectivity index (χ0n) is 10.5. The fourth-order valence-electron chi connectivity index (χ4n) is 1.93. The second kappa shape index (κ2) is 5.77. The Balaban J connectivity index is 2.20. The van der Waals surface area contributed by atoms with Crippen LogP contribution in [-0.2, 0) is 0 Å². The molecule has 0 fully saturated rings. The molecule has 0 saturated heterocycles. The zero-order chi connectivity index (χ0) is 13.8. The molecular weight excluding hydrogens is 302 g/mol. The number of benzene rings is 2. The highest BCUT2D eigenvalue weighted by Gasteiger charge is 2.09. The van der Waals surface area contributed by atoms with Gasteiger partial charge in [0, 0.05) is 15.8 Å². The quantitative estimate of drug-likeness (QED) is 0.839. The first-order valence-electron chi connectivity index (χ1n) is 5.92. The third-order valence-electron chi connectivity index (χ3n) is 2.94. The summed E-state index contributed by atoms with van der Waals surface area (Å²) >= 11 is 3.38. The molecule has 0 saturated carbocycles. The molecule has 0 aromatic heterocycles. The van der Waals surface area contributed by atoms with Crippen molar-refractivity contribution in [3.8, 4) is 6.07 Å². The fourth-order valence-corrected chi connectivity index (χ4v) is 2.40. The molecule has 96 valence electrons. The van der Waals surface area contributed by atoms with E-state index in [1.54, 1.807) is 6.07 Å². The number of hydrogen-bond acceptors (Lipinski definition) is 3. The lowest BCUT2D eigenvalue weighted by Gasteiger charge is -2.17. The molecule has 0 heterocycles. The molecule has 1 unspecified atom stereocenters. The van der Waals surface area contributed by atoms with E-state index in [2.05, 4.69) is 34.2 Å². The van der Waals surface area contributed by atoms with Crippen LogP contribution in [-0.4, -0.2) is 0 Å². The number of nitrogens with one attached hydrogen (secondary N) is 1. The highest BCUT2D eigenvalue weighted by Crippen LogP contribution is 2.26. The molecule has 0 bridgehead atoms. The fraction of sp³-hybridized carbons (Fsp3) is 0.133. The van der Waals surface area contributed by atoms with E-state index in [9.17, 15) is 0 Å². The molecule has 3 nitrogen and oxygen atoms in total. The normalized spacial score (nSPS) is 11.6. The Hall–Kier alpha value is -1.99. The maximum Gasteiger partial charge on any atom is 0.100 e. The monoisotopic (exact) mass is 315 g/mol. The third kappa shape index (κ3) is 3.07. The topological polar surface area (TPSA) is 61.8 Å². The smallest absolute Gasteiger partial charge is 0.100 e. The summed E-state index contributed by atoms with van der Waals surface area (Å²) in [5.74, 6) is 0. The number of halogens is 1. The summed E-state index contributed by atoms with van der Waals surface area (Å²) in [6.45, 7) is 2.05. The van der Waals surface area contributed by atoms with E-state index < -0.39 is 0 Å². The van der Waals surface area contributed by atoms with E-state index in [4.69, 9.17) is 11.0 Å². The number of para-hydroxylation sites is 1. The van der Waals surface area contributed by atoms with Gasteiger partial charge in [-0.05, 0) is 52.7 Å². The largest absolute Gasteiger partial charge is 0.398 e. The molecule has 2 rings (SSSR count). The van der Waals surface area contributed by atoms with Crippen molar-refractivity contribution in [2.75, 3.05) is 11.1 Å². The van der Waals surface area contributed by atoms with Gasteiger partial charge in [0.05, 0.1) is 11.6 Å². The number of rotatable bonds is 3. The summed E-state index contributed by atoms with van der Waals surface area (Å²) in [7, 11) is 0. The summed E-state index contributed by atoms with van der Waals surface area (Å²) in [5, 5.41) is 12.3. The van der Waals surface area contributed by atoms with Crippen LogP contribution < -0.4 is 11.1 Å². The Bertz CT molecular complexity index is 632. The minimum absolute atomic E-state index is 0.0982. The Morgan fingerprint density at radius 1 is 1.26 bits per heavy atom. The second-order valence-corrected chi connectivity index (χ2v) is 5.16. The highest BCUT2D eigenvalue weighted by atomic mass is 79.9. The van der Waals surface area contributed by atoms with Gasteiger partial charge in [-0.2, -0.15) is 5.26 Å². The summed E-state index contributed by atoms with van der Waals surface area (Å²) in [6, 6.07) is 15.6. The van der Waals surface area contributed by atoms with Gasteiger partial charge in [0.1, 0.15) is 6.07 Å². The van der Waals surface area contributed by atoms with Crippen molar-refractivity contribution >= 4 is 27.3 Å². The van der Waals surface area contributed by atoms with Gasteiger partial charge in [0.25, 0.3) is 0 Å². The average Bonchev–Trinajstić information content (AvgIpc) is 2.39. The van der Waals surface area contributed by atoms with E-state index in [1.165, 1.54) is 0 Å². The van der Waals surface area contributed by atoms with Gasteiger partial charge in [-0.15, -0.1) is 0 Å². The van der Waals surface area contributed by atoms with Gasteiger partial charge in [0.15, 0.2) is 0 Å². The second-order valence-electron chi connectivity index (χ2n) is 4.30. The minimum Gasteiger partial charge on any atom is -0.398 e. The number of hydrogen-bond donors (Lipinski definition) is 2. The van der Waals surface area contributed by atoms with Crippen LogP contribution in [0.4, 0.5) is 11.4 Å². The summed E-state index contributed by atoms with van der Waals surface area (Å²) in [6.07, 6.45) is 0. The van der Waals surface area contributed by atoms with Crippen LogP contribution in [0.5, 0.6) is 0 Å². The molecule has 0 aliphatic heterocycles. The van der Waals surface area contributed by atoms with Crippen LogP contribution in [0, 0.1) is 11.3 Å². The molecule has 4 heteroatoms. The standard InChI is InChI=1S/C15H14BrN3/c1-10(13-4-2-3-5-15(13)18)19-12-7-6-11(9-17)14(16)8-12/h2-8,10,19H,18H2,1H3.